The third-order valence-electron chi connectivity index (χ3n) is 4.04. The van der Waals surface area contributed by atoms with Gasteiger partial charge in [-0.2, -0.15) is 0 Å². The van der Waals surface area contributed by atoms with Crippen LogP contribution in [-0.4, -0.2) is 30.2 Å². The minimum atomic E-state index is 0.569. The van der Waals surface area contributed by atoms with E-state index in [0.717, 1.165) is 16.5 Å². The van der Waals surface area contributed by atoms with E-state index in [0.29, 0.717) is 6.04 Å². The number of benzene rings is 1. The average Bonchev–Trinajstić information content (AvgIpc) is 2.47. The van der Waals surface area contributed by atoms with Crippen LogP contribution in [0.2, 0.25) is 0 Å². The second kappa shape index (κ2) is 6.93. The molecule has 20 heavy (non-hydrogen) atoms. The van der Waals surface area contributed by atoms with Gasteiger partial charge in [-0.1, -0.05) is 25.3 Å². The molecule has 1 aliphatic rings. The molecule has 0 heterocycles. The third kappa shape index (κ3) is 3.63. The molecule has 1 aromatic rings. The Morgan fingerprint density at radius 3 is 2.65 bits per heavy atom. The van der Waals surface area contributed by atoms with E-state index in [4.69, 9.17) is 17.0 Å². The van der Waals surface area contributed by atoms with Crippen molar-refractivity contribution in [3.05, 3.63) is 23.8 Å². The van der Waals surface area contributed by atoms with Crippen LogP contribution in [0.15, 0.2) is 18.2 Å². The molecule has 0 saturated heterocycles. The lowest BCUT2D eigenvalue weighted by molar-refractivity contribution is 0.281. The topological polar surface area (TPSA) is 24.5 Å². The van der Waals surface area contributed by atoms with Crippen molar-refractivity contribution in [3.63, 3.8) is 0 Å². The zero-order chi connectivity index (χ0) is 14.5. The summed E-state index contributed by atoms with van der Waals surface area (Å²) in [4.78, 5) is 2.20. The van der Waals surface area contributed by atoms with Gasteiger partial charge in [0.15, 0.2) is 5.11 Å². The quantitative estimate of drug-likeness (QED) is 0.852. The van der Waals surface area contributed by atoms with Crippen LogP contribution >= 0.6 is 12.2 Å². The highest BCUT2D eigenvalue weighted by atomic mass is 32.1. The molecular weight excluding hydrogens is 268 g/mol. The minimum Gasteiger partial charge on any atom is -0.495 e. The van der Waals surface area contributed by atoms with E-state index in [2.05, 4.69) is 30.3 Å². The SMILES string of the molecule is COc1ccc(C)cc1NC(=S)N(C)C1CCCCC1. The zero-order valence-corrected chi connectivity index (χ0v) is 13.4. The molecule has 0 aromatic heterocycles. The maximum absolute atomic E-state index is 5.55. The largest absolute Gasteiger partial charge is 0.495 e. The maximum Gasteiger partial charge on any atom is 0.173 e. The molecule has 1 aromatic carbocycles. The molecule has 1 fully saturated rings. The van der Waals surface area contributed by atoms with Crippen molar-refractivity contribution in [2.75, 3.05) is 19.5 Å². The predicted molar refractivity (Wildman–Crippen MR) is 88.6 cm³/mol. The summed E-state index contributed by atoms with van der Waals surface area (Å²) in [5.41, 5.74) is 2.14. The van der Waals surface area contributed by atoms with Crippen molar-refractivity contribution in [3.8, 4) is 5.75 Å². The first-order valence-electron chi connectivity index (χ1n) is 7.30. The van der Waals surface area contributed by atoms with Crippen molar-refractivity contribution in [2.45, 2.75) is 45.1 Å². The lowest BCUT2D eigenvalue weighted by atomic mass is 9.95. The molecule has 1 N–H and O–H groups in total. The Labute approximate surface area is 127 Å². The van der Waals surface area contributed by atoms with Crippen molar-refractivity contribution in [2.24, 2.45) is 0 Å². The summed E-state index contributed by atoms with van der Waals surface area (Å²) < 4.78 is 5.39. The predicted octanol–water partition coefficient (Wildman–Crippen LogP) is 3.96. The highest BCUT2D eigenvalue weighted by Crippen LogP contribution is 2.27. The van der Waals surface area contributed by atoms with E-state index in [1.165, 1.54) is 37.7 Å². The fraction of sp³-hybridized carbons (Fsp3) is 0.562. The summed E-state index contributed by atoms with van der Waals surface area (Å²) in [6.07, 6.45) is 6.46. The molecular formula is C16H24N2OS. The Bertz CT molecular complexity index is 470. The number of nitrogens with one attached hydrogen (secondary N) is 1. The van der Waals surface area contributed by atoms with E-state index >= 15 is 0 Å². The highest BCUT2D eigenvalue weighted by Gasteiger charge is 2.20. The molecule has 0 bridgehead atoms. The Balaban J connectivity index is 2.05. The fourth-order valence-corrected chi connectivity index (χ4v) is 3.02. The van der Waals surface area contributed by atoms with Gasteiger partial charge in [0.2, 0.25) is 0 Å². The minimum absolute atomic E-state index is 0.569. The molecule has 3 nitrogen and oxygen atoms in total. The van der Waals surface area contributed by atoms with Gasteiger partial charge in [0.1, 0.15) is 5.75 Å². The van der Waals surface area contributed by atoms with Crippen LogP contribution in [0, 0.1) is 6.92 Å². The number of aryl methyl sites for hydroxylation is 1. The molecule has 110 valence electrons. The Morgan fingerprint density at radius 2 is 2.00 bits per heavy atom. The van der Waals surface area contributed by atoms with Crippen molar-refractivity contribution >= 4 is 23.0 Å². The Morgan fingerprint density at radius 1 is 1.30 bits per heavy atom. The number of hydrogen-bond donors (Lipinski definition) is 1. The number of methoxy groups -OCH3 is 1. The monoisotopic (exact) mass is 292 g/mol. The molecule has 0 amide bonds. The van der Waals surface area contributed by atoms with Gasteiger partial charge < -0.3 is 15.0 Å². The van der Waals surface area contributed by atoms with Crippen LogP contribution in [0.4, 0.5) is 5.69 Å². The zero-order valence-electron chi connectivity index (χ0n) is 12.6. The second-order valence-corrected chi connectivity index (χ2v) is 5.92. The highest BCUT2D eigenvalue weighted by molar-refractivity contribution is 7.80. The van der Waals surface area contributed by atoms with Gasteiger partial charge in [0, 0.05) is 13.1 Å². The van der Waals surface area contributed by atoms with Crippen LogP contribution in [0.1, 0.15) is 37.7 Å². The molecule has 2 rings (SSSR count). The van der Waals surface area contributed by atoms with E-state index in [1.807, 2.05) is 12.1 Å². The van der Waals surface area contributed by atoms with E-state index in [-0.39, 0.29) is 0 Å². The Hall–Kier alpha value is -1.29. The maximum atomic E-state index is 5.55. The lowest BCUT2D eigenvalue weighted by Gasteiger charge is -2.33. The van der Waals surface area contributed by atoms with Crippen LogP contribution in [0.5, 0.6) is 5.75 Å². The van der Waals surface area contributed by atoms with Crippen LogP contribution in [0.3, 0.4) is 0 Å². The van der Waals surface area contributed by atoms with Crippen molar-refractivity contribution < 1.29 is 4.74 Å². The number of hydrogen-bond acceptors (Lipinski definition) is 2. The van der Waals surface area contributed by atoms with Crippen molar-refractivity contribution in [1.82, 2.24) is 4.90 Å². The summed E-state index contributed by atoms with van der Waals surface area (Å²) >= 11 is 5.55. The standard InChI is InChI=1S/C16H24N2OS/c1-12-9-10-15(19-3)14(11-12)17-16(20)18(2)13-7-5-4-6-8-13/h9-11,13H,4-8H2,1-3H3,(H,17,20). The average molecular weight is 292 g/mol. The molecule has 0 atom stereocenters. The summed E-state index contributed by atoms with van der Waals surface area (Å²) in [6, 6.07) is 6.65. The molecule has 0 spiro atoms. The van der Waals surface area contributed by atoms with Crippen LogP contribution < -0.4 is 10.1 Å². The first-order chi connectivity index (χ1) is 9.61. The van der Waals surface area contributed by atoms with Crippen molar-refractivity contribution in [1.29, 1.82) is 0 Å². The van der Waals surface area contributed by atoms with Gasteiger partial charge >= 0.3 is 0 Å². The molecule has 1 saturated carbocycles. The van der Waals surface area contributed by atoms with Gasteiger partial charge in [-0.3, -0.25) is 0 Å². The van der Waals surface area contributed by atoms with Gasteiger partial charge in [0.25, 0.3) is 0 Å². The number of rotatable bonds is 3. The second-order valence-electron chi connectivity index (χ2n) is 5.54. The van der Waals surface area contributed by atoms with E-state index in [1.54, 1.807) is 7.11 Å². The summed E-state index contributed by atoms with van der Waals surface area (Å²) in [6.45, 7) is 2.07. The van der Waals surface area contributed by atoms with E-state index in [9.17, 15) is 0 Å². The van der Waals surface area contributed by atoms with E-state index < -0.39 is 0 Å². The molecule has 0 aliphatic heterocycles. The van der Waals surface area contributed by atoms with Gasteiger partial charge in [-0.25, -0.2) is 0 Å². The van der Waals surface area contributed by atoms with Crippen LogP contribution in [-0.2, 0) is 0 Å². The number of anilines is 1. The molecule has 4 heteroatoms. The summed E-state index contributed by atoms with van der Waals surface area (Å²) in [5, 5.41) is 4.11. The summed E-state index contributed by atoms with van der Waals surface area (Å²) in [7, 11) is 3.78. The fourth-order valence-electron chi connectivity index (χ4n) is 2.76. The lowest BCUT2D eigenvalue weighted by Crippen LogP contribution is -2.40. The number of thiocarbonyl (C=S) groups is 1. The molecule has 0 radical (unpaired) electrons. The summed E-state index contributed by atoms with van der Waals surface area (Å²) in [5.74, 6) is 0.829. The first kappa shape index (κ1) is 15.1. The first-order valence-corrected chi connectivity index (χ1v) is 7.71. The molecule has 1 aliphatic carbocycles. The smallest absolute Gasteiger partial charge is 0.173 e. The number of nitrogens with zero attached hydrogens (tertiary/aromatic N) is 1. The Kier molecular flexibility index (Phi) is 5.24. The van der Waals surface area contributed by atoms with Gasteiger partial charge in [0.05, 0.1) is 12.8 Å². The normalized spacial score (nSPS) is 15.8. The molecule has 0 unspecified atom stereocenters. The third-order valence-corrected chi connectivity index (χ3v) is 4.43. The van der Waals surface area contributed by atoms with Gasteiger partial charge in [-0.05, 0) is 49.7 Å². The van der Waals surface area contributed by atoms with Gasteiger partial charge in [-0.15, -0.1) is 0 Å². The number of ether oxygens (including phenoxy) is 1. The van der Waals surface area contributed by atoms with Crippen LogP contribution in [0.25, 0.3) is 0 Å².